The summed E-state index contributed by atoms with van der Waals surface area (Å²) in [5.74, 6) is -0.287. The van der Waals surface area contributed by atoms with Gasteiger partial charge in [0.15, 0.2) is 0 Å². The Morgan fingerprint density at radius 1 is 1.32 bits per heavy atom. The molecule has 1 unspecified atom stereocenters. The van der Waals surface area contributed by atoms with Crippen LogP contribution in [0.5, 0.6) is 0 Å². The van der Waals surface area contributed by atoms with Gasteiger partial charge in [-0.3, -0.25) is 4.98 Å². The average Bonchev–Trinajstić information content (AvgIpc) is 2.88. The van der Waals surface area contributed by atoms with Crippen molar-refractivity contribution in [2.24, 2.45) is 0 Å². The van der Waals surface area contributed by atoms with E-state index in [9.17, 15) is 4.39 Å². The molecule has 2 aromatic rings. The standard InChI is InChI=1S/C15H19FN2S/c1-11(2)18-15(5-3-12-7-8-19-10-12)14-6-4-13(16)9-17-14/h4,6-11,15,18H,3,5H2,1-2H3. The lowest BCUT2D eigenvalue weighted by atomic mass is 10.0. The van der Waals surface area contributed by atoms with Crippen molar-refractivity contribution in [1.29, 1.82) is 0 Å². The maximum absolute atomic E-state index is 12.9. The second-order valence-corrected chi connectivity index (χ2v) is 5.73. The van der Waals surface area contributed by atoms with Crippen molar-refractivity contribution in [3.05, 3.63) is 52.2 Å². The Hall–Kier alpha value is -1.26. The fourth-order valence-electron chi connectivity index (χ4n) is 2.06. The molecule has 0 saturated carbocycles. The molecule has 102 valence electrons. The van der Waals surface area contributed by atoms with Gasteiger partial charge in [-0.05, 0) is 47.4 Å². The highest BCUT2D eigenvalue weighted by Gasteiger charge is 2.14. The molecule has 0 aromatic carbocycles. The Bertz CT molecular complexity index is 479. The summed E-state index contributed by atoms with van der Waals surface area (Å²) < 4.78 is 12.9. The summed E-state index contributed by atoms with van der Waals surface area (Å²) in [5.41, 5.74) is 2.26. The third-order valence-corrected chi connectivity index (χ3v) is 3.68. The van der Waals surface area contributed by atoms with E-state index in [2.05, 4.69) is 41.0 Å². The van der Waals surface area contributed by atoms with E-state index >= 15 is 0 Å². The van der Waals surface area contributed by atoms with Crippen molar-refractivity contribution in [3.8, 4) is 0 Å². The van der Waals surface area contributed by atoms with E-state index in [-0.39, 0.29) is 11.9 Å². The molecule has 0 aliphatic carbocycles. The quantitative estimate of drug-likeness (QED) is 0.865. The first-order chi connectivity index (χ1) is 9.15. The van der Waals surface area contributed by atoms with Gasteiger partial charge in [0, 0.05) is 12.1 Å². The molecule has 2 heterocycles. The lowest BCUT2D eigenvalue weighted by Crippen LogP contribution is -2.29. The third kappa shape index (κ3) is 4.40. The first kappa shape index (κ1) is 14.2. The van der Waals surface area contributed by atoms with Gasteiger partial charge in [0.05, 0.1) is 11.9 Å². The molecule has 0 aliphatic heterocycles. The molecule has 0 saturated heterocycles. The zero-order chi connectivity index (χ0) is 13.7. The molecule has 2 rings (SSSR count). The van der Waals surface area contributed by atoms with E-state index in [1.54, 1.807) is 17.4 Å². The molecule has 0 aliphatic rings. The van der Waals surface area contributed by atoms with E-state index in [0.29, 0.717) is 6.04 Å². The molecule has 1 N–H and O–H groups in total. The second-order valence-electron chi connectivity index (χ2n) is 4.95. The average molecular weight is 278 g/mol. The number of thiophene rings is 1. The molecular weight excluding hydrogens is 259 g/mol. The summed E-state index contributed by atoms with van der Waals surface area (Å²) in [5, 5.41) is 7.76. The third-order valence-electron chi connectivity index (χ3n) is 2.94. The number of hydrogen-bond acceptors (Lipinski definition) is 3. The van der Waals surface area contributed by atoms with Gasteiger partial charge in [0.1, 0.15) is 5.82 Å². The van der Waals surface area contributed by atoms with E-state index in [0.717, 1.165) is 18.5 Å². The van der Waals surface area contributed by atoms with Gasteiger partial charge in [0.2, 0.25) is 0 Å². The van der Waals surface area contributed by atoms with Crippen LogP contribution in [0.15, 0.2) is 35.2 Å². The van der Waals surface area contributed by atoms with E-state index < -0.39 is 0 Å². The van der Waals surface area contributed by atoms with Crippen LogP contribution in [0.1, 0.15) is 37.6 Å². The Morgan fingerprint density at radius 2 is 2.16 bits per heavy atom. The monoisotopic (exact) mass is 278 g/mol. The van der Waals surface area contributed by atoms with Crippen LogP contribution >= 0.6 is 11.3 Å². The smallest absolute Gasteiger partial charge is 0.141 e. The topological polar surface area (TPSA) is 24.9 Å². The van der Waals surface area contributed by atoms with Gasteiger partial charge < -0.3 is 5.32 Å². The highest BCUT2D eigenvalue weighted by atomic mass is 32.1. The van der Waals surface area contributed by atoms with Crippen LogP contribution in [-0.4, -0.2) is 11.0 Å². The predicted molar refractivity (Wildman–Crippen MR) is 77.8 cm³/mol. The minimum atomic E-state index is -0.287. The summed E-state index contributed by atoms with van der Waals surface area (Å²) in [6.07, 6.45) is 3.26. The number of nitrogens with zero attached hydrogens (tertiary/aromatic N) is 1. The van der Waals surface area contributed by atoms with Crippen LogP contribution in [0, 0.1) is 5.82 Å². The molecule has 0 radical (unpaired) electrons. The molecule has 0 fully saturated rings. The highest BCUT2D eigenvalue weighted by molar-refractivity contribution is 7.07. The number of hydrogen-bond donors (Lipinski definition) is 1. The summed E-state index contributed by atoms with van der Waals surface area (Å²) in [7, 11) is 0. The van der Waals surface area contributed by atoms with Crippen LogP contribution in [-0.2, 0) is 6.42 Å². The van der Waals surface area contributed by atoms with Gasteiger partial charge in [-0.2, -0.15) is 11.3 Å². The van der Waals surface area contributed by atoms with Crippen molar-refractivity contribution in [2.75, 3.05) is 0 Å². The Labute approximate surface area is 117 Å². The van der Waals surface area contributed by atoms with Crippen LogP contribution in [0.3, 0.4) is 0 Å². The molecule has 0 amide bonds. The first-order valence-corrected chi connectivity index (χ1v) is 7.48. The molecule has 19 heavy (non-hydrogen) atoms. The van der Waals surface area contributed by atoms with Crippen molar-refractivity contribution < 1.29 is 4.39 Å². The number of aromatic nitrogens is 1. The minimum Gasteiger partial charge on any atom is -0.306 e. The lowest BCUT2D eigenvalue weighted by Gasteiger charge is -2.20. The maximum atomic E-state index is 12.9. The molecule has 0 bridgehead atoms. The van der Waals surface area contributed by atoms with E-state index in [4.69, 9.17) is 0 Å². The zero-order valence-electron chi connectivity index (χ0n) is 11.3. The Balaban J connectivity index is 2.04. The molecular formula is C15H19FN2S. The molecule has 1 atom stereocenters. The van der Waals surface area contributed by atoms with Crippen molar-refractivity contribution in [2.45, 2.75) is 38.8 Å². The largest absolute Gasteiger partial charge is 0.306 e. The van der Waals surface area contributed by atoms with Crippen LogP contribution < -0.4 is 5.32 Å². The fraction of sp³-hybridized carbons (Fsp3) is 0.400. The van der Waals surface area contributed by atoms with E-state index in [1.807, 2.05) is 0 Å². The molecule has 0 spiro atoms. The van der Waals surface area contributed by atoms with Gasteiger partial charge in [0.25, 0.3) is 0 Å². The fourth-order valence-corrected chi connectivity index (χ4v) is 2.76. The van der Waals surface area contributed by atoms with Crippen molar-refractivity contribution in [1.82, 2.24) is 10.3 Å². The second kappa shape index (κ2) is 6.78. The first-order valence-electron chi connectivity index (χ1n) is 6.53. The van der Waals surface area contributed by atoms with Crippen molar-refractivity contribution >= 4 is 11.3 Å². The number of halogens is 1. The Kier molecular flexibility index (Phi) is 5.05. The molecule has 2 nitrogen and oxygen atoms in total. The molecule has 2 aromatic heterocycles. The number of rotatable bonds is 6. The summed E-state index contributed by atoms with van der Waals surface area (Å²) in [6.45, 7) is 4.22. The van der Waals surface area contributed by atoms with Crippen molar-refractivity contribution in [3.63, 3.8) is 0 Å². The normalized spacial score (nSPS) is 12.8. The van der Waals surface area contributed by atoms with E-state index in [1.165, 1.54) is 17.8 Å². The number of nitrogens with one attached hydrogen (secondary N) is 1. The zero-order valence-corrected chi connectivity index (χ0v) is 12.1. The van der Waals surface area contributed by atoms with Crippen LogP contribution in [0.4, 0.5) is 4.39 Å². The van der Waals surface area contributed by atoms with Gasteiger partial charge in [-0.1, -0.05) is 13.8 Å². The number of aryl methyl sites for hydroxylation is 1. The van der Waals surface area contributed by atoms with Gasteiger partial charge in [-0.25, -0.2) is 4.39 Å². The van der Waals surface area contributed by atoms with Crippen LogP contribution in [0.2, 0.25) is 0 Å². The van der Waals surface area contributed by atoms with Gasteiger partial charge in [-0.15, -0.1) is 0 Å². The Morgan fingerprint density at radius 3 is 2.74 bits per heavy atom. The molecule has 4 heteroatoms. The summed E-state index contributed by atoms with van der Waals surface area (Å²) >= 11 is 1.72. The lowest BCUT2D eigenvalue weighted by molar-refractivity contribution is 0.443. The number of pyridine rings is 1. The summed E-state index contributed by atoms with van der Waals surface area (Å²) in [6, 6.07) is 5.93. The SMILES string of the molecule is CC(C)NC(CCc1ccsc1)c1ccc(F)cn1. The highest BCUT2D eigenvalue weighted by Crippen LogP contribution is 2.19. The summed E-state index contributed by atoms with van der Waals surface area (Å²) in [4.78, 5) is 4.20. The minimum absolute atomic E-state index is 0.167. The maximum Gasteiger partial charge on any atom is 0.141 e. The predicted octanol–water partition coefficient (Wildman–Crippen LogP) is 3.95. The van der Waals surface area contributed by atoms with Crippen LogP contribution in [0.25, 0.3) is 0 Å². The van der Waals surface area contributed by atoms with Gasteiger partial charge >= 0.3 is 0 Å².